The molecule has 0 aromatic heterocycles. The molecule has 0 radical (unpaired) electrons. The summed E-state index contributed by atoms with van der Waals surface area (Å²) in [6.45, 7) is 1.76. The number of rotatable bonds is 4. The Hall–Kier alpha value is -1.39. The fraction of sp³-hybridized carbons (Fsp3) is 0.538. The maximum atomic E-state index is 13.0. The number of aromatic hydroxyl groups is 1. The Balaban J connectivity index is 2.47. The second-order valence-electron chi connectivity index (χ2n) is 5.24. The van der Waals surface area contributed by atoms with Gasteiger partial charge < -0.3 is 10.4 Å². The van der Waals surface area contributed by atoms with Crippen molar-refractivity contribution in [3.05, 3.63) is 32.3 Å². The SMILES string of the molecule is O=[N+]([O-])c1cc(Br)cc([C@@H](CC(F)(F)F)N2CCNCC2)c1O. The van der Waals surface area contributed by atoms with Crippen LogP contribution in [0.4, 0.5) is 18.9 Å². The first kappa shape index (κ1) is 18.0. The number of benzene rings is 1. The number of hydrogen-bond donors (Lipinski definition) is 2. The van der Waals surface area contributed by atoms with E-state index in [2.05, 4.69) is 21.2 Å². The average molecular weight is 398 g/mol. The van der Waals surface area contributed by atoms with Gasteiger partial charge in [0.2, 0.25) is 0 Å². The van der Waals surface area contributed by atoms with Crippen molar-refractivity contribution in [1.29, 1.82) is 0 Å². The number of nitro groups is 1. The van der Waals surface area contributed by atoms with E-state index < -0.39 is 35.0 Å². The minimum absolute atomic E-state index is 0.0923. The van der Waals surface area contributed by atoms with Crippen molar-refractivity contribution in [2.24, 2.45) is 0 Å². The molecule has 6 nitrogen and oxygen atoms in total. The highest BCUT2D eigenvalue weighted by molar-refractivity contribution is 9.10. The largest absolute Gasteiger partial charge is 0.502 e. The normalized spacial score (nSPS) is 17.9. The molecule has 0 amide bonds. The van der Waals surface area contributed by atoms with E-state index in [1.165, 1.54) is 6.07 Å². The quantitative estimate of drug-likeness (QED) is 0.603. The van der Waals surface area contributed by atoms with Gasteiger partial charge in [0.25, 0.3) is 0 Å². The van der Waals surface area contributed by atoms with Crippen LogP contribution in [0.3, 0.4) is 0 Å². The number of nitro benzene ring substituents is 1. The third-order valence-electron chi connectivity index (χ3n) is 3.66. The number of alkyl halides is 3. The lowest BCUT2D eigenvalue weighted by atomic mass is 9.99. The van der Waals surface area contributed by atoms with E-state index in [-0.39, 0.29) is 10.0 Å². The fourth-order valence-electron chi connectivity index (χ4n) is 2.65. The zero-order chi connectivity index (χ0) is 17.2. The standard InChI is InChI=1S/C13H15BrF3N3O3/c14-8-5-9(12(21)10(6-8)20(22)23)11(7-13(15,16)17)19-3-1-18-2-4-19/h5-6,11,18,21H,1-4,7H2/t11-/m1/s1. The van der Waals surface area contributed by atoms with Gasteiger partial charge in [-0.1, -0.05) is 15.9 Å². The van der Waals surface area contributed by atoms with E-state index in [0.717, 1.165) is 6.07 Å². The van der Waals surface area contributed by atoms with Crippen LogP contribution in [0.15, 0.2) is 16.6 Å². The van der Waals surface area contributed by atoms with Gasteiger partial charge in [0.15, 0.2) is 5.75 Å². The third kappa shape index (κ3) is 4.55. The van der Waals surface area contributed by atoms with E-state index in [9.17, 15) is 28.4 Å². The molecule has 1 aliphatic heterocycles. The van der Waals surface area contributed by atoms with E-state index in [0.29, 0.717) is 26.2 Å². The highest BCUT2D eigenvalue weighted by Crippen LogP contribution is 2.42. The van der Waals surface area contributed by atoms with Gasteiger partial charge in [-0.15, -0.1) is 0 Å². The van der Waals surface area contributed by atoms with Crippen molar-refractivity contribution in [3.63, 3.8) is 0 Å². The predicted octanol–water partition coefficient (Wildman–Crippen LogP) is 2.96. The topological polar surface area (TPSA) is 78.6 Å². The Kier molecular flexibility index (Phi) is 5.48. The maximum absolute atomic E-state index is 13.0. The average Bonchev–Trinajstić information content (AvgIpc) is 2.47. The molecule has 1 atom stereocenters. The zero-order valence-corrected chi connectivity index (χ0v) is 13.5. The molecule has 10 heteroatoms. The van der Waals surface area contributed by atoms with Crippen LogP contribution in [0.1, 0.15) is 18.0 Å². The van der Waals surface area contributed by atoms with Gasteiger partial charge in [-0.25, -0.2) is 0 Å². The van der Waals surface area contributed by atoms with E-state index >= 15 is 0 Å². The summed E-state index contributed by atoms with van der Waals surface area (Å²) in [6.07, 6.45) is -5.65. The van der Waals surface area contributed by atoms with Crippen molar-refractivity contribution in [2.45, 2.75) is 18.6 Å². The monoisotopic (exact) mass is 397 g/mol. The first-order valence-corrected chi connectivity index (χ1v) is 7.66. The summed E-state index contributed by atoms with van der Waals surface area (Å²) < 4.78 is 39.2. The second-order valence-corrected chi connectivity index (χ2v) is 6.16. The van der Waals surface area contributed by atoms with Crippen LogP contribution in [0.25, 0.3) is 0 Å². The Bertz CT molecular complexity index is 592. The summed E-state index contributed by atoms with van der Waals surface area (Å²) in [5.41, 5.74) is -0.706. The van der Waals surface area contributed by atoms with Crippen LogP contribution < -0.4 is 5.32 Å². The first-order valence-electron chi connectivity index (χ1n) is 6.87. The summed E-state index contributed by atoms with van der Waals surface area (Å²) in [6, 6.07) is 1.20. The van der Waals surface area contributed by atoms with E-state index in [4.69, 9.17) is 0 Å². The van der Waals surface area contributed by atoms with Crippen LogP contribution >= 0.6 is 15.9 Å². The molecule has 1 saturated heterocycles. The molecule has 1 aliphatic rings. The first-order chi connectivity index (χ1) is 10.7. The van der Waals surface area contributed by atoms with Crippen LogP contribution in [0.5, 0.6) is 5.75 Å². The number of nitrogens with zero attached hydrogens (tertiary/aromatic N) is 2. The molecule has 0 spiro atoms. The molecular formula is C13H15BrF3N3O3. The number of phenolic OH excluding ortho intramolecular Hbond substituents is 1. The number of nitrogens with one attached hydrogen (secondary N) is 1. The molecule has 0 bridgehead atoms. The van der Waals surface area contributed by atoms with Gasteiger partial charge >= 0.3 is 11.9 Å². The molecular weight excluding hydrogens is 383 g/mol. The summed E-state index contributed by atoms with van der Waals surface area (Å²) in [5, 5.41) is 24.1. The Labute approximate surface area is 138 Å². The van der Waals surface area contributed by atoms with Crippen LogP contribution in [0.2, 0.25) is 0 Å². The zero-order valence-electron chi connectivity index (χ0n) is 11.9. The molecule has 2 rings (SSSR count). The lowest BCUT2D eigenvalue weighted by Gasteiger charge is -2.35. The van der Waals surface area contributed by atoms with E-state index in [1.54, 1.807) is 4.90 Å². The highest BCUT2D eigenvalue weighted by Gasteiger charge is 2.38. The van der Waals surface area contributed by atoms with Crippen molar-refractivity contribution in [3.8, 4) is 5.75 Å². The maximum Gasteiger partial charge on any atom is 0.390 e. The summed E-state index contributed by atoms with van der Waals surface area (Å²) in [5.74, 6) is -0.717. The smallest absolute Gasteiger partial charge is 0.390 e. The van der Waals surface area contributed by atoms with Crippen LogP contribution in [-0.2, 0) is 0 Å². The molecule has 1 aromatic carbocycles. The van der Waals surface area contributed by atoms with Gasteiger partial charge in [-0.3, -0.25) is 15.0 Å². The highest BCUT2D eigenvalue weighted by atomic mass is 79.9. The Morgan fingerprint density at radius 3 is 2.52 bits per heavy atom. The van der Waals surface area contributed by atoms with Gasteiger partial charge in [-0.2, -0.15) is 13.2 Å². The van der Waals surface area contributed by atoms with Gasteiger partial charge in [0, 0.05) is 48.3 Å². The lowest BCUT2D eigenvalue weighted by molar-refractivity contribution is -0.386. The molecule has 23 heavy (non-hydrogen) atoms. The number of halogens is 4. The van der Waals surface area contributed by atoms with Crippen LogP contribution in [-0.4, -0.2) is 47.3 Å². The number of phenols is 1. The van der Waals surface area contributed by atoms with Crippen molar-refractivity contribution >= 4 is 21.6 Å². The van der Waals surface area contributed by atoms with Gasteiger partial charge in [0.1, 0.15) is 0 Å². The second kappa shape index (κ2) is 7.02. The summed E-state index contributed by atoms with van der Waals surface area (Å²) >= 11 is 3.06. The fourth-order valence-corrected chi connectivity index (χ4v) is 3.11. The predicted molar refractivity (Wildman–Crippen MR) is 80.3 cm³/mol. The lowest BCUT2D eigenvalue weighted by Crippen LogP contribution is -2.46. The van der Waals surface area contributed by atoms with Crippen LogP contribution in [0, 0.1) is 10.1 Å². The molecule has 1 aromatic rings. The number of piperazine rings is 1. The van der Waals surface area contributed by atoms with Gasteiger partial charge in [0.05, 0.1) is 11.3 Å². The van der Waals surface area contributed by atoms with Crippen molar-refractivity contribution in [1.82, 2.24) is 10.2 Å². The Morgan fingerprint density at radius 2 is 2.00 bits per heavy atom. The summed E-state index contributed by atoms with van der Waals surface area (Å²) in [4.78, 5) is 11.8. The molecule has 128 valence electrons. The Morgan fingerprint density at radius 1 is 1.39 bits per heavy atom. The summed E-state index contributed by atoms with van der Waals surface area (Å²) in [7, 11) is 0. The van der Waals surface area contributed by atoms with Crippen molar-refractivity contribution in [2.75, 3.05) is 26.2 Å². The minimum Gasteiger partial charge on any atom is -0.502 e. The molecule has 0 unspecified atom stereocenters. The van der Waals surface area contributed by atoms with Crippen molar-refractivity contribution < 1.29 is 23.2 Å². The molecule has 1 fully saturated rings. The molecule has 1 heterocycles. The molecule has 0 aliphatic carbocycles. The van der Waals surface area contributed by atoms with E-state index in [1.807, 2.05) is 0 Å². The minimum atomic E-state index is -4.46. The third-order valence-corrected chi connectivity index (χ3v) is 4.11. The molecule has 2 N–H and O–H groups in total. The molecule has 0 saturated carbocycles. The van der Waals surface area contributed by atoms with Gasteiger partial charge in [-0.05, 0) is 6.07 Å². The number of hydrogen-bond acceptors (Lipinski definition) is 5.